The van der Waals surface area contributed by atoms with Crippen LogP contribution in [0.25, 0.3) is 27.5 Å². The molecule has 0 aliphatic rings. The highest BCUT2D eigenvalue weighted by molar-refractivity contribution is 7.21. The summed E-state index contributed by atoms with van der Waals surface area (Å²) in [5.74, 6) is 0. The van der Waals surface area contributed by atoms with E-state index in [-0.39, 0.29) is 0 Å². The van der Waals surface area contributed by atoms with E-state index in [1.54, 1.807) is 0 Å². The van der Waals surface area contributed by atoms with Gasteiger partial charge in [-0.15, -0.1) is 0 Å². The first-order valence-electron chi connectivity index (χ1n) is 13.2. The van der Waals surface area contributed by atoms with Crippen LogP contribution in [0.15, 0.2) is 158 Å². The van der Waals surface area contributed by atoms with E-state index in [2.05, 4.69) is 162 Å². The van der Waals surface area contributed by atoms with E-state index in [0.29, 0.717) is 0 Å². The third kappa shape index (κ3) is 3.68. The molecule has 39 heavy (non-hydrogen) atoms. The normalized spacial score (nSPS) is 11.7. The first kappa shape index (κ1) is 23.7. The summed E-state index contributed by atoms with van der Waals surface area (Å²) >= 11 is 7.42. The fourth-order valence-electron chi connectivity index (χ4n) is 6.25. The maximum Gasteiger partial charge on any atom is 0.181 e. The molecule has 0 amide bonds. The number of halogens is 1. The molecule has 0 saturated carbocycles. The number of fused-ring (bicyclic) bond motifs is 3. The van der Waals surface area contributed by atoms with E-state index in [1.807, 2.05) is 0 Å². The van der Waals surface area contributed by atoms with Crippen LogP contribution in [-0.4, -0.2) is 12.6 Å². The highest BCUT2D eigenvalue weighted by Gasteiger charge is 2.44. The Kier molecular flexibility index (Phi) is 5.92. The second-order valence-electron chi connectivity index (χ2n) is 9.85. The molecule has 0 spiro atoms. The number of aromatic nitrogens is 1. The largest absolute Gasteiger partial charge is 0.309 e. The van der Waals surface area contributed by atoms with Gasteiger partial charge in [-0.25, -0.2) is 0 Å². The van der Waals surface area contributed by atoms with Gasteiger partial charge in [-0.3, -0.25) is 0 Å². The second kappa shape index (κ2) is 9.74. The van der Waals surface area contributed by atoms with Crippen LogP contribution in [0.3, 0.4) is 0 Å². The van der Waals surface area contributed by atoms with Crippen molar-refractivity contribution in [3.05, 3.63) is 163 Å². The van der Waals surface area contributed by atoms with Crippen LogP contribution in [0.2, 0.25) is 5.02 Å². The summed E-state index contributed by atoms with van der Waals surface area (Å²) in [6.45, 7) is 0. The van der Waals surface area contributed by atoms with E-state index in [9.17, 15) is 0 Å². The molecule has 0 unspecified atom stereocenters. The van der Waals surface area contributed by atoms with E-state index >= 15 is 0 Å². The van der Waals surface area contributed by atoms with Crippen molar-refractivity contribution < 1.29 is 0 Å². The van der Waals surface area contributed by atoms with Gasteiger partial charge in [-0.2, -0.15) is 0 Å². The lowest BCUT2D eigenvalue weighted by Gasteiger charge is -2.35. The maximum absolute atomic E-state index is 7.42. The molecular formula is C36H26ClNSi. The maximum atomic E-state index is 7.42. The van der Waals surface area contributed by atoms with Gasteiger partial charge in [0, 0.05) is 21.5 Å². The SMILES string of the molecule is Clc1ccc2c(c1[Si](c1ccccc1)(c1ccccc1)c1ccccc1)c1ccccc1n2-c1ccccc1. The van der Waals surface area contributed by atoms with Gasteiger partial charge in [0.05, 0.1) is 11.0 Å². The molecule has 7 rings (SSSR count). The van der Waals surface area contributed by atoms with E-state index in [1.165, 1.54) is 42.6 Å². The Balaban J connectivity index is 1.74. The van der Waals surface area contributed by atoms with Gasteiger partial charge < -0.3 is 4.57 Å². The predicted molar refractivity (Wildman–Crippen MR) is 169 cm³/mol. The first-order valence-corrected chi connectivity index (χ1v) is 15.6. The fourth-order valence-corrected chi connectivity index (χ4v) is 11.9. The van der Waals surface area contributed by atoms with Crippen LogP contribution in [0.5, 0.6) is 0 Å². The molecule has 0 fully saturated rings. The minimum Gasteiger partial charge on any atom is -0.309 e. The zero-order valence-electron chi connectivity index (χ0n) is 21.3. The summed E-state index contributed by atoms with van der Waals surface area (Å²) in [5, 5.41) is 8.42. The number of nitrogens with zero attached hydrogens (tertiary/aromatic N) is 1. The summed E-state index contributed by atoms with van der Waals surface area (Å²) in [7, 11) is -2.86. The lowest BCUT2D eigenvalue weighted by atomic mass is 10.1. The van der Waals surface area contributed by atoms with Crippen molar-refractivity contribution in [3.63, 3.8) is 0 Å². The molecule has 3 heteroatoms. The van der Waals surface area contributed by atoms with Gasteiger partial charge >= 0.3 is 0 Å². The molecule has 6 aromatic carbocycles. The summed E-state index contributed by atoms with van der Waals surface area (Å²) in [6, 6.07) is 56.6. The van der Waals surface area contributed by atoms with E-state index in [4.69, 9.17) is 11.6 Å². The van der Waals surface area contributed by atoms with Crippen LogP contribution >= 0.6 is 11.6 Å². The van der Waals surface area contributed by atoms with Crippen LogP contribution in [0.1, 0.15) is 0 Å². The van der Waals surface area contributed by atoms with Crippen molar-refractivity contribution in [2.45, 2.75) is 0 Å². The molecule has 1 nitrogen and oxygen atoms in total. The summed E-state index contributed by atoms with van der Waals surface area (Å²) in [4.78, 5) is 0. The lowest BCUT2D eigenvalue weighted by molar-refractivity contribution is 1.18. The van der Waals surface area contributed by atoms with Crippen molar-refractivity contribution in [1.29, 1.82) is 0 Å². The molecule has 0 radical (unpaired) electrons. The molecule has 0 aliphatic heterocycles. The Morgan fingerprint density at radius 1 is 0.436 bits per heavy atom. The molecule has 0 saturated heterocycles. The highest BCUT2D eigenvalue weighted by Crippen LogP contribution is 2.34. The third-order valence-corrected chi connectivity index (χ3v) is 13.1. The van der Waals surface area contributed by atoms with Crippen LogP contribution in [0, 0.1) is 0 Å². The molecule has 0 N–H and O–H groups in total. The smallest absolute Gasteiger partial charge is 0.181 e. The molecule has 1 aromatic heterocycles. The van der Waals surface area contributed by atoms with Crippen molar-refractivity contribution >= 4 is 62.2 Å². The molecule has 186 valence electrons. The highest BCUT2D eigenvalue weighted by atomic mass is 35.5. The van der Waals surface area contributed by atoms with Crippen molar-refractivity contribution in [1.82, 2.24) is 4.57 Å². The predicted octanol–water partition coefficient (Wildman–Crippen LogP) is 6.81. The number of rotatable bonds is 5. The number of hydrogen-bond donors (Lipinski definition) is 0. The van der Waals surface area contributed by atoms with Gasteiger partial charge in [0.25, 0.3) is 0 Å². The van der Waals surface area contributed by atoms with Crippen molar-refractivity contribution in [3.8, 4) is 5.69 Å². The van der Waals surface area contributed by atoms with Gasteiger partial charge in [-0.05, 0) is 51.1 Å². The van der Waals surface area contributed by atoms with Crippen molar-refractivity contribution in [2.24, 2.45) is 0 Å². The minimum absolute atomic E-state index is 0.807. The molecular weight excluding hydrogens is 510 g/mol. The molecule has 1 heterocycles. The zero-order valence-corrected chi connectivity index (χ0v) is 23.1. The fraction of sp³-hybridized carbons (Fsp3) is 0. The standard InChI is InChI=1S/C36H26ClNSi/c37-32-25-26-34-35(31-23-13-14-24-33(31)38(34)27-15-5-1-6-16-27)36(32)39(28-17-7-2-8-18-28,29-19-9-3-10-20-29)30-21-11-4-12-22-30/h1-26H. The van der Waals surface area contributed by atoms with Gasteiger partial charge in [0.2, 0.25) is 0 Å². The minimum atomic E-state index is -2.86. The molecule has 7 aromatic rings. The summed E-state index contributed by atoms with van der Waals surface area (Å²) in [6.07, 6.45) is 0. The Morgan fingerprint density at radius 3 is 1.44 bits per heavy atom. The topological polar surface area (TPSA) is 4.93 Å². The zero-order chi connectivity index (χ0) is 26.2. The van der Waals surface area contributed by atoms with Crippen LogP contribution in [0.4, 0.5) is 0 Å². The summed E-state index contributed by atoms with van der Waals surface area (Å²) in [5.41, 5.74) is 3.49. The molecule has 0 atom stereocenters. The Labute approximate surface area is 234 Å². The van der Waals surface area contributed by atoms with Gasteiger partial charge in [0.1, 0.15) is 0 Å². The molecule has 0 aliphatic carbocycles. The first-order chi connectivity index (χ1) is 19.3. The quantitative estimate of drug-likeness (QED) is 0.168. The Bertz CT molecular complexity index is 1800. The lowest BCUT2D eigenvalue weighted by Crippen LogP contribution is -2.75. The second-order valence-corrected chi connectivity index (χ2v) is 14.0. The van der Waals surface area contributed by atoms with E-state index in [0.717, 1.165) is 10.7 Å². The van der Waals surface area contributed by atoms with Gasteiger partial charge in [0.15, 0.2) is 8.07 Å². The number of benzene rings is 6. The monoisotopic (exact) mass is 535 g/mol. The Morgan fingerprint density at radius 2 is 0.897 bits per heavy atom. The number of hydrogen-bond acceptors (Lipinski definition) is 0. The van der Waals surface area contributed by atoms with Crippen molar-refractivity contribution in [2.75, 3.05) is 0 Å². The van der Waals surface area contributed by atoms with E-state index < -0.39 is 8.07 Å². The third-order valence-electron chi connectivity index (χ3n) is 7.80. The van der Waals surface area contributed by atoms with Gasteiger partial charge in [-0.1, -0.05) is 139 Å². The Hall–Kier alpha value is -4.37. The average molecular weight is 536 g/mol. The average Bonchev–Trinajstić information content (AvgIpc) is 3.35. The molecule has 0 bridgehead atoms. The van der Waals surface area contributed by atoms with Crippen LogP contribution in [-0.2, 0) is 0 Å². The summed E-state index contributed by atoms with van der Waals surface area (Å²) < 4.78 is 2.38. The number of para-hydroxylation sites is 2. The van der Waals surface area contributed by atoms with Crippen LogP contribution < -0.4 is 20.7 Å².